The Morgan fingerprint density at radius 3 is 2.57 bits per heavy atom. The van der Waals surface area contributed by atoms with E-state index in [-0.39, 0.29) is 15.5 Å². The molecule has 0 spiro atoms. The molecule has 1 aliphatic rings. The zero-order chi connectivity index (χ0) is 15.8. The lowest BCUT2D eigenvalue weighted by molar-refractivity contribution is 0.0563. The predicted molar refractivity (Wildman–Crippen MR) is 85.5 cm³/mol. The Bertz CT molecular complexity index is 626. The van der Waals surface area contributed by atoms with Crippen molar-refractivity contribution in [3.8, 4) is 0 Å². The average Bonchev–Trinajstić information content (AvgIpc) is 2.86. The standard InChI is InChI=1S/C15H23NO3S2/c1-15(2,3)12-6-5-7-16(9-12)14(17)11-8-13(20-10-11)21(4,18)19/h8,10,12H,5-7,9H2,1-4H3/t12-/m1/s1. The molecule has 118 valence electrons. The smallest absolute Gasteiger partial charge is 0.254 e. The van der Waals surface area contributed by atoms with Crippen LogP contribution in [0.4, 0.5) is 0 Å². The zero-order valence-electron chi connectivity index (χ0n) is 13.0. The topological polar surface area (TPSA) is 54.5 Å². The monoisotopic (exact) mass is 329 g/mol. The lowest BCUT2D eigenvalue weighted by Gasteiger charge is -2.39. The van der Waals surface area contributed by atoms with E-state index in [0.717, 1.165) is 37.3 Å². The molecule has 21 heavy (non-hydrogen) atoms. The SMILES string of the molecule is CC(C)(C)[C@@H]1CCCN(C(=O)c2csc(S(C)(=O)=O)c2)C1. The fourth-order valence-electron chi connectivity index (χ4n) is 2.67. The van der Waals surface area contributed by atoms with E-state index in [4.69, 9.17) is 0 Å². The number of piperidine rings is 1. The maximum Gasteiger partial charge on any atom is 0.254 e. The summed E-state index contributed by atoms with van der Waals surface area (Å²) >= 11 is 1.12. The number of sulfone groups is 1. The molecule has 0 aliphatic carbocycles. The summed E-state index contributed by atoms with van der Waals surface area (Å²) in [6.45, 7) is 8.13. The van der Waals surface area contributed by atoms with Crippen molar-refractivity contribution in [2.75, 3.05) is 19.3 Å². The summed E-state index contributed by atoms with van der Waals surface area (Å²) in [7, 11) is -3.23. The van der Waals surface area contributed by atoms with Crippen molar-refractivity contribution in [1.82, 2.24) is 4.90 Å². The fourth-order valence-corrected chi connectivity index (χ4v) is 4.47. The third kappa shape index (κ3) is 3.86. The van der Waals surface area contributed by atoms with Gasteiger partial charge in [-0.1, -0.05) is 20.8 Å². The van der Waals surface area contributed by atoms with E-state index in [1.54, 1.807) is 5.38 Å². The molecule has 6 heteroatoms. The van der Waals surface area contributed by atoms with Gasteiger partial charge in [-0.25, -0.2) is 8.42 Å². The molecule has 4 nitrogen and oxygen atoms in total. The van der Waals surface area contributed by atoms with E-state index < -0.39 is 9.84 Å². The van der Waals surface area contributed by atoms with Gasteiger partial charge in [-0.05, 0) is 30.2 Å². The first-order valence-electron chi connectivity index (χ1n) is 7.17. The number of carbonyl (C=O) groups is 1. The van der Waals surface area contributed by atoms with Crippen LogP contribution in [-0.4, -0.2) is 38.6 Å². The fraction of sp³-hybridized carbons (Fsp3) is 0.667. The minimum Gasteiger partial charge on any atom is -0.338 e. The van der Waals surface area contributed by atoms with Gasteiger partial charge in [-0.2, -0.15) is 0 Å². The van der Waals surface area contributed by atoms with Gasteiger partial charge in [0.1, 0.15) is 4.21 Å². The van der Waals surface area contributed by atoms with Gasteiger partial charge in [0, 0.05) is 24.7 Å². The molecule has 1 aromatic rings. The van der Waals surface area contributed by atoms with Gasteiger partial charge in [-0.15, -0.1) is 11.3 Å². The summed E-state index contributed by atoms with van der Waals surface area (Å²) in [6, 6.07) is 1.50. The minimum absolute atomic E-state index is 0.0462. The number of hydrogen-bond donors (Lipinski definition) is 0. The molecule has 0 N–H and O–H groups in total. The predicted octanol–water partition coefficient (Wildman–Crippen LogP) is 3.05. The Hall–Kier alpha value is -0.880. The maximum absolute atomic E-state index is 12.6. The molecule has 2 rings (SSSR count). The highest BCUT2D eigenvalue weighted by molar-refractivity contribution is 7.92. The van der Waals surface area contributed by atoms with Crippen LogP contribution in [0.25, 0.3) is 0 Å². The van der Waals surface area contributed by atoms with Crippen LogP contribution in [0.3, 0.4) is 0 Å². The van der Waals surface area contributed by atoms with Crippen LogP contribution in [0.2, 0.25) is 0 Å². The number of hydrogen-bond acceptors (Lipinski definition) is 4. The minimum atomic E-state index is -3.23. The van der Waals surface area contributed by atoms with E-state index >= 15 is 0 Å². The van der Waals surface area contributed by atoms with Crippen LogP contribution >= 0.6 is 11.3 Å². The quantitative estimate of drug-likeness (QED) is 0.838. The lowest BCUT2D eigenvalue weighted by Crippen LogP contribution is -2.43. The first-order valence-corrected chi connectivity index (χ1v) is 9.94. The number of rotatable bonds is 2. The van der Waals surface area contributed by atoms with E-state index in [2.05, 4.69) is 20.8 Å². The molecular weight excluding hydrogens is 306 g/mol. The number of thiophene rings is 1. The molecule has 0 bridgehead atoms. The Kier molecular flexibility index (Phi) is 4.49. The van der Waals surface area contributed by atoms with Crippen molar-refractivity contribution in [3.05, 3.63) is 17.0 Å². The van der Waals surface area contributed by atoms with Crippen molar-refractivity contribution >= 4 is 27.1 Å². The molecule has 0 radical (unpaired) electrons. The van der Waals surface area contributed by atoms with Gasteiger partial charge < -0.3 is 4.90 Å². The molecule has 0 aromatic carbocycles. The molecule has 1 aliphatic heterocycles. The third-order valence-electron chi connectivity index (χ3n) is 4.12. The number of carbonyl (C=O) groups excluding carboxylic acids is 1. The number of nitrogens with zero attached hydrogens (tertiary/aromatic N) is 1. The second kappa shape index (κ2) is 5.72. The second-order valence-corrected chi connectivity index (χ2v) is 10.0. The molecule has 0 saturated carbocycles. The van der Waals surface area contributed by atoms with Crippen LogP contribution in [0.1, 0.15) is 44.0 Å². The van der Waals surface area contributed by atoms with Gasteiger partial charge in [0.25, 0.3) is 5.91 Å². The van der Waals surface area contributed by atoms with Crippen LogP contribution in [0.5, 0.6) is 0 Å². The molecule has 2 heterocycles. The highest BCUT2D eigenvalue weighted by atomic mass is 32.2. The van der Waals surface area contributed by atoms with E-state index in [1.807, 2.05) is 4.90 Å². The highest BCUT2D eigenvalue weighted by Crippen LogP contribution is 2.34. The summed E-state index contributed by atoms with van der Waals surface area (Å²) in [5.41, 5.74) is 0.681. The number of amides is 1. The van der Waals surface area contributed by atoms with Crippen molar-refractivity contribution in [2.24, 2.45) is 11.3 Å². The van der Waals surface area contributed by atoms with Gasteiger partial charge in [0.2, 0.25) is 0 Å². The van der Waals surface area contributed by atoms with Crippen molar-refractivity contribution in [2.45, 2.75) is 37.8 Å². The summed E-state index contributed by atoms with van der Waals surface area (Å²) < 4.78 is 23.3. The Morgan fingerprint density at radius 2 is 2.05 bits per heavy atom. The Morgan fingerprint density at radius 1 is 1.38 bits per heavy atom. The third-order valence-corrected chi connectivity index (χ3v) is 6.89. The first-order chi connectivity index (χ1) is 9.59. The van der Waals surface area contributed by atoms with Crippen LogP contribution < -0.4 is 0 Å². The van der Waals surface area contributed by atoms with Crippen molar-refractivity contribution in [1.29, 1.82) is 0 Å². The average molecular weight is 329 g/mol. The molecule has 1 fully saturated rings. The summed E-state index contributed by atoms with van der Waals surface area (Å²) in [4.78, 5) is 14.4. The van der Waals surface area contributed by atoms with E-state index in [1.165, 1.54) is 12.3 Å². The van der Waals surface area contributed by atoms with Gasteiger partial charge in [0.15, 0.2) is 9.84 Å². The normalized spacial score (nSPS) is 20.6. The molecule has 1 aromatic heterocycles. The Balaban J connectivity index is 2.15. The van der Waals surface area contributed by atoms with Gasteiger partial charge >= 0.3 is 0 Å². The largest absolute Gasteiger partial charge is 0.338 e. The van der Waals surface area contributed by atoms with Crippen molar-refractivity contribution in [3.63, 3.8) is 0 Å². The number of likely N-dealkylation sites (tertiary alicyclic amines) is 1. The van der Waals surface area contributed by atoms with Crippen LogP contribution in [-0.2, 0) is 9.84 Å². The zero-order valence-corrected chi connectivity index (χ0v) is 14.7. The highest BCUT2D eigenvalue weighted by Gasteiger charge is 2.32. The van der Waals surface area contributed by atoms with E-state index in [0.29, 0.717) is 11.5 Å². The molecule has 1 atom stereocenters. The van der Waals surface area contributed by atoms with Gasteiger partial charge in [-0.3, -0.25) is 4.79 Å². The van der Waals surface area contributed by atoms with Gasteiger partial charge in [0.05, 0.1) is 5.56 Å². The molecular formula is C15H23NO3S2. The first kappa shape index (κ1) is 16.5. The molecule has 1 amide bonds. The van der Waals surface area contributed by atoms with Crippen molar-refractivity contribution < 1.29 is 13.2 Å². The lowest BCUT2D eigenvalue weighted by atomic mass is 9.76. The van der Waals surface area contributed by atoms with Crippen LogP contribution in [0, 0.1) is 11.3 Å². The summed E-state index contributed by atoms with van der Waals surface area (Å²) in [5.74, 6) is 0.443. The van der Waals surface area contributed by atoms with E-state index in [9.17, 15) is 13.2 Å². The summed E-state index contributed by atoms with van der Waals surface area (Å²) in [5, 5.41) is 1.65. The maximum atomic E-state index is 12.6. The second-order valence-electron chi connectivity index (χ2n) is 6.88. The molecule has 0 unspecified atom stereocenters. The van der Waals surface area contributed by atoms with Crippen LogP contribution in [0.15, 0.2) is 15.7 Å². The Labute approximate surface area is 131 Å². The molecule has 1 saturated heterocycles. The summed E-state index contributed by atoms with van der Waals surface area (Å²) in [6.07, 6.45) is 3.33.